The van der Waals surface area contributed by atoms with E-state index in [2.05, 4.69) is 15.9 Å². The second kappa shape index (κ2) is 7.82. The van der Waals surface area contributed by atoms with E-state index in [9.17, 15) is 14.4 Å². The van der Waals surface area contributed by atoms with Crippen molar-refractivity contribution in [1.29, 1.82) is 0 Å². The van der Waals surface area contributed by atoms with Gasteiger partial charge in [-0.2, -0.15) is 0 Å². The maximum Gasteiger partial charge on any atom is 0.326 e. The fourth-order valence-electron chi connectivity index (χ4n) is 3.34. The molecule has 0 aromatic heterocycles. The average molecular weight is 452 g/mol. The third-order valence-electron chi connectivity index (χ3n) is 4.69. The molecule has 7 heteroatoms. The largest absolute Gasteiger partial charge is 0.468 e. The summed E-state index contributed by atoms with van der Waals surface area (Å²) in [4.78, 5) is 37.9. The Morgan fingerprint density at radius 1 is 1.19 bits per heavy atom. The van der Waals surface area contributed by atoms with Gasteiger partial charge in [0.2, 0.25) is 0 Å². The maximum atomic E-state index is 13.1. The molecule has 1 aliphatic heterocycles. The minimum atomic E-state index is -1.22. The third kappa shape index (κ3) is 3.77. The standard InChI is InChI=1S/C20H16BrClO5/c1-10(18(23)11-3-6-13(22)7-4-11)16-14-9-12(21)5-8-15(14)27-20(25)17(16)19(24)26-2/h3-10,16-17H,1-2H3/t10-,16+,17-/m0/s1. The van der Waals surface area contributed by atoms with Gasteiger partial charge in [-0.15, -0.1) is 0 Å². The molecule has 1 aliphatic rings. The van der Waals surface area contributed by atoms with E-state index >= 15 is 0 Å². The Morgan fingerprint density at radius 3 is 2.48 bits per heavy atom. The Morgan fingerprint density at radius 2 is 1.85 bits per heavy atom. The predicted molar refractivity (Wildman–Crippen MR) is 103 cm³/mol. The van der Waals surface area contributed by atoms with Crippen LogP contribution in [0.3, 0.4) is 0 Å². The molecule has 0 aliphatic carbocycles. The monoisotopic (exact) mass is 450 g/mol. The Kier molecular flexibility index (Phi) is 5.67. The number of benzene rings is 2. The van der Waals surface area contributed by atoms with Crippen LogP contribution in [-0.2, 0) is 14.3 Å². The van der Waals surface area contributed by atoms with Gasteiger partial charge in [-0.3, -0.25) is 14.4 Å². The zero-order chi connectivity index (χ0) is 19.7. The number of ketones is 1. The van der Waals surface area contributed by atoms with Crippen LogP contribution in [0.2, 0.25) is 5.02 Å². The van der Waals surface area contributed by atoms with E-state index in [4.69, 9.17) is 21.1 Å². The number of ether oxygens (including phenoxy) is 2. The third-order valence-corrected chi connectivity index (χ3v) is 5.44. The van der Waals surface area contributed by atoms with Crippen molar-refractivity contribution >= 4 is 45.3 Å². The summed E-state index contributed by atoms with van der Waals surface area (Å²) in [6.07, 6.45) is 0. The van der Waals surface area contributed by atoms with Crippen LogP contribution in [0.5, 0.6) is 5.75 Å². The summed E-state index contributed by atoms with van der Waals surface area (Å²) in [5.74, 6) is -3.92. The lowest BCUT2D eigenvalue weighted by molar-refractivity contribution is -0.158. The molecule has 0 bridgehead atoms. The number of methoxy groups -OCH3 is 1. The van der Waals surface area contributed by atoms with Crippen molar-refractivity contribution in [2.45, 2.75) is 12.8 Å². The lowest BCUT2D eigenvalue weighted by atomic mass is 9.73. The summed E-state index contributed by atoms with van der Waals surface area (Å²) in [5, 5.41) is 0.516. The van der Waals surface area contributed by atoms with Crippen molar-refractivity contribution in [3.63, 3.8) is 0 Å². The molecule has 0 radical (unpaired) electrons. The highest BCUT2D eigenvalue weighted by molar-refractivity contribution is 9.10. The zero-order valence-corrected chi connectivity index (χ0v) is 16.9. The number of hydrogen-bond acceptors (Lipinski definition) is 5. The van der Waals surface area contributed by atoms with E-state index in [1.54, 1.807) is 49.4 Å². The molecule has 0 N–H and O–H groups in total. The number of halogens is 2. The lowest BCUT2D eigenvalue weighted by Gasteiger charge is -2.33. The van der Waals surface area contributed by atoms with Gasteiger partial charge in [-0.1, -0.05) is 34.5 Å². The van der Waals surface area contributed by atoms with E-state index in [1.165, 1.54) is 7.11 Å². The molecule has 0 amide bonds. The number of rotatable bonds is 4. The zero-order valence-electron chi connectivity index (χ0n) is 14.6. The fraction of sp³-hybridized carbons (Fsp3) is 0.250. The van der Waals surface area contributed by atoms with Crippen LogP contribution in [0, 0.1) is 11.8 Å². The molecule has 0 fully saturated rings. The Bertz CT molecular complexity index is 909. The molecular formula is C20H16BrClO5. The van der Waals surface area contributed by atoms with Crippen molar-refractivity contribution in [1.82, 2.24) is 0 Å². The fourth-order valence-corrected chi connectivity index (χ4v) is 3.84. The highest BCUT2D eigenvalue weighted by atomic mass is 79.9. The summed E-state index contributed by atoms with van der Waals surface area (Å²) in [6, 6.07) is 11.6. The SMILES string of the molecule is COC(=O)[C@H]1C(=O)Oc2ccc(Br)cc2[C@H]1[C@H](C)C(=O)c1ccc(Cl)cc1. The summed E-state index contributed by atoms with van der Waals surface area (Å²) >= 11 is 9.28. The average Bonchev–Trinajstić information content (AvgIpc) is 2.66. The van der Waals surface area contributed by atoms with Gasteiger partial charge in [0, 0.05) is 32.5 Å². The van der Waals surface area contributed by atoms with Crippen LogP contribution in [0.4, 0.5) is 0 Å². The Balaban J connectivity index is 2.08. The normalized spacial score (nSPS) is 19.6. The van der Waals surface area contributed by atoms with Gasteiger partial charge >= 0.3 is 11.9 Å². The first-order valence-corrected chi connectivity index (χ1v) is 9.39. The van der Waals surface area contributed by atoms with Gasteiger partial charge in [0.1, 0.15) is 5.75 Å². The van der Waals surface area contributed by atoms with E-state index in [1.807, 2.05) is 0 Å². The van der Waals surface area contributed by atoms with Crippen LogP contribution in [0.15, 0.2) is 46.9 Å². The van der Waals surface area contributed by atoms with E-state index in [-0.39, 0.29) is 5.78 Å². The minimum Gasteiger partial charge on any atom is -0.468 e. The van der Waals surface area contributed by atoms with E-state index in [0.29, 0.717) is 21.9 Å². The van der Waals surface area contributed by atoms with Crippen LogP contribution in [-0.4, -0.2) is 24.8 Å². The quantitative estimate of drug-likeness (QED) is 0.298. The molecule has 0 saturated carbocycles. The number of fused-ring (bicyclic) bond motifs is 1. The first kappa shape index (κ1) is 19.6. The van der Waals surface area contributed by atoms with Gasteiger partial charge in [-0.25, -0.2) is 0 Å². The van der Waals surface area contributed by atoms with Crippen molar-refractivity contribution in [3.8, 4) is 5.75 Å². The summed E-state index contributed by atoms with van der Waals surface area (Å²) in [5.41, 5.74) is 1.06. The molecule has 27 heavy (non-hydrogen) atoms. The van der Waals surface area contributed by atoms with Crippen molar-refractivity contribution in [2.75, 3.05) is 7.11 Å². The first-order valence-electron chi connectivity index (χ1n) is 8.22. The number of carbonyl (C=O) groups is 3. The van der Waals surface area contributed by atoms with E-state index < -0.39 is 29.7 Å². The molecule has 2 aromatic carbocycles. The molecule has 3 atom stereocenters. The van der Waals surface area contributed by atoms with Gasteiger partial charge in [0.05, 0.1) is 7.11 Å². The van der Waals surface area contributed by atoms with Gasteiger partial charge in [-0.05, 0) is 42.5 Å². The number of hydrogen-bond donors (Lipinski definition) is 0. The number of esters is 2. The summed E-state index contributed by atoms with van der Waals surface area (Å²) in [6.45, 7) is 1.70. The highest BCUT2D eigenvalue weighted by Gasteiger charge is 2.47. The van der Waals surface area contributed by atoms with Crippen LogP contribution in [0.1, 0.15) is 28.8 Å². The Hall–Kier alpha value is -2.18. The molecule has 1 heterocycles. The van der Waals surface area contributed by atoms with Gasteiger partial charge < -0.3 is 9.47 Å². The summed E-state index contributed by atoms with van der Waals surface area (Å²) < 4.78 is 10.9. The molecule has 2 aromatic rings. The van der Waals surface area contributed by atoms with Crippen molar-refractivity contribution in [3.05, 3.63) is 63.1 Å². The van der Waals surface area contributed by atoms with Gasteiger partial charge in [0.25, 0.3) is 0 Å². The van der Waals surface area contributed by atoms with Crippen LogP contribution >= 0.6 is 27.5 Å². The Labute approximate surface area is 169 Å². The lowest BCUT2D eigenvalue weighted by Crippen LogP contribution is -2.42. The highest BCUT2D eigenvalue weighted by Crippen LogP contribution is 2.44. The molecule has 0 unspecified atom stereocenters. The topological polar surface area (TPSA) is 69.7 Å². The molecule has 0 spiro atoms. The predicted octanol–water partition coefficient (Wildman–Crippen LogP) is 4.41. The number of Topliss-reactive ketones (excluding diaryl/α,β-unsaturated/α-hetero) is 1. The molecular weight excluding hydrogens is 436 g/mol. The van der Waals surface area contributed by atoms with Crippen LogP contribution in [0.25, 0.3) is 0 Å². The molecule has 140 valence electrons. The summed E-state index contributed by atoms with van der Waals surface area (Å²) in [7, 11) is 1.20. The molecule has 0 saturated heterocycles. The minimum absolute atomic E-state index is 0.203. The van der Waals surface area contributed by atoms with Crippen molar-refractivity contribution < 1.29 is 23.9 Å². The molecule has 3 rings (SSSR count). The second-order valence-electron chi connectivity index (χ2n) is 6.29. The number of carbonyl (C=O) groups excluding carboxylic acids is 3. The van der Waals surface area contributed by atoms with E-state index in [0.717, 1.165) is 4.47 Å². The van der Waals surface area contributed by atoms with Crippen molar-refractivity contribution in [2.24, 2.45) is 11.8 Å². The smallest absolute Gasteiger partial charge is 0.326 e. The second-order valence-corrected chi connectivity index (χ2v) is 7.64. The van der Waals surface area contributed by atoms with Gasteiger partial charge in [0.15, 0.2) is 11.7 Å². The van der Waals surface area contributed by atoms with Crippen LogP contribution < -0.4 is 4.74 Å². The maximum absolute atomic E-state index is 13.1. The molecule has 5 nitrogen and oxygen atoms in total. The first-order chi connectivity index (χ1) is 12.8.